The van der Waals surface area contributed by atoms with Crippen molar-refractivity contribution >= 4 is 5.84 Å². The van der Waals surface area contributed by atoms with Gasteiger partial charge in [-0.15, -0.1) is 0 Å². The van der Waals surface area contributed by atoms with Gasteiger partial charge in [0.25, 0.3) is 0 Å². The average molecular weight is 218 g/mol. The third kappa shape index (κ3) is 2.35. The Bertz CT molecular complexity index is 387. The largest absolute Gasteiger partial charge is 0.490 e. The number of amidine groups is 1. The van der Waals surface area contributed by atoms with Crippen LogP contribution in [-0.4, -0.2) is 25.0 Å². The van der Waals surface area contributed by atoms with Crippen LogP contribution in [0.2, 0.25) is 0 Å². The van der Waals surface area contributed by atoms with Crippen LogP contribution in [0.3, 0.4) is 0 Å². The minimum absolute atomic E-state index is 0.239. The van der Waals surface area contributed by atoms with Crippen LogP contribution in [-0.2, 0) is 0 Å². The molecular formula is C13H18N2O. The van der Waals surface area contributed by atoms with E-state index >= 15 is 0 Å². The summed E-state index contributed by atoms with van der Waals surface area (Å²) in [6, 6.07) is 8.07. The SMILES string of the molecule is CCC(C)Oc1ccccc1C1=NCCN1. The number of nitrogens with zero attached hydrogens (tertiary/aromatic N) is 1. The minimum Gasteiger partial charge on any atom is -0.490 e. The summed E-state index contributed by atoms with van der Waals surface area (Å²) >= 11 is 0. The van der Waals surface area contributed by atoms with Gasteiger partial charge in [0.05, 0.1) is 18.2 Å². The van der Waals surface area contributed by atoms with Crippen LogP contribution >= 0.6 is 0 Å². The van der Waals surface area contributed by atoms with E-state index in [9.17, 15) is 0 Å². The van der Waals surface area contributed by atoms with Crippen LogP contribution in [0.1, 0.15) is 25.8 Å². The number of hydrogen-bond acceptors (Lipinski definition) is 3. The molecule has 0 bridgehead atoms. The number of ether oxygens (including phenoxy) is 1. The number of hydrogen-bond donors (Lipinski definition) is 1. The van der Waals surface area contributed by atoms with Gasteiger partial charge in [-0.2, -0.15) is 0 Å². The van der Waals surface area contributed by atoms with Gasteiger partial charge in [0, 0.05) is 6.54 Å². The molecule has 0 radical (unpaired) electrons. The summed E-state index contributed by atoms with van der Waals surface area (Å²) in [5.74, 6) is 1.88. The first-order valence-corrected chi connectivity index (χ1v) is 5.85. The molecule has 1 aromatic rings. The van der Waals surface area contributed by atoms with Crippen molar-refractivity contribution in [2.45, 2.75) is 26.4 Å². The van der Waals surface area contributed by atoms with Crippen molar-refractivity contribution in [3.8, 4) is 5.75 Å². The standard InChI is InChI=1S/C13H18N2O/c1-3-10(2)16-12-7-5-4-6-11(12)13-14-8-9-15-13/h4-7,10H,3,8-9H2,1-2H3,(H,14,15). The number of para-hydroxylation sites is 1. The van der Waals surface area contributed by atoms with E-state index in [-0.39, 0.29) is 6.10 Å². The summed E-state index contributed by atoms with van der Waals surface area (Å²) in [7, 11) is 0. The van der Waals surface area contributed by atoms with Crippen LogP contribution in [0.25, 0.3) is 0 Å². The lowest BCUT2D eigenvalue weighted by Gasteiger charge is -2.16. The fourth-order valence-corrected chi connectivity index (χ4v) is 1.64. The van der Waals surface area contributed by atoms with Gasteiger partial charge in [-0.05, 0) is 25.5 Å². The van der Waals surface area contributed by atoms with Crippen molar-refractivity contribution in [1.82, 2.24) is 5.32 Å². The Morgan fingerprint density at radius 1 is 1.44 bits per heavy atom. The fraction of sp³-hybridized carbons (Fsp3) is 0.462. The molecule has 1 aromatic carbocycles. The molecule has 2 rings (SSSR count). The lowest BCUT2D eigenvalue weighted by molar-refractivity contribution is 0.217. The molecule has 1 unspecified atom stereocenters. The smallest absolute Gasteiger partial charge is 0.132 e. The quantitative estimate of drug-likeness (QED) is 0.840. The molecule has 0 saturated heterocycles. The highest BCUT2D eigenvalue weighted by atomic mass is 16.5. The molecule has 1 atom stereocenters. The molecular weight excluding hydrogens is 200 g/mol. The molecule has 3 heteroatoms. The van der Waals surface area contributed by atoms with E-state index in [4.69, 9.17) is 4.74 Å². The first-order chi connectivity index (χ1) is 7.81. The molecule has 1 aliphatic rings. The maximum absolute atomic E-state index is 5.89. The fourth-order valence-electron chi connectivity index (χ4n) is 1.64. The zero-order chi connectivity index (χ0) is 11.4. The minimum atomic E-state index is 0.239. The van der Waals surface area contributed by atoms with Crippen molar-refractivity contribution < 1.29 is 4.74 Å². The third-order valence-electron chi connectivity index (χ3n) is 2.72. The van der Waals surface area contributed by atoms with E-state index in [2.05, 4.69) is 30.2 Å². The molecule has 1 N–H and O–H groups in total. The predicted molar refractivity (Wildman–Crippen MR) is 66.2 cm³/mol. The third-order valence-corrected chi connectivity index (χ3v) is 2.72. The van der Waals surface area contributed by atoms with Crippen molar-refractivity contribution in [1.29, 1.82) is 0 Å². The Kier molecular flexibility index (Phi) is 3.44. The van der Waals surface area contributed by atoms with Gasteiger partial charge < -0.3 is 10.1 Å². The molecule has 0 fully saturated rings. The van der Waals surface area contributed by atoms with Crippen LogP contribution in [0.4, 0.5) is 0 Å². The molecule has 0 saturated carbocycles. The average Bonchev–Trinajstić information content (AvgIpc) is 2.83. The highest BCUT2D eigenvalue weighted by Gasteiger charge is 2.14. The zero-order valence-electron chi connectivity index (χ0n) is 9.86. The van der Waals surface area contributed by atoms with Gasteiger partial charge in [0.1, 0.15) is 11.6 Å². The predicted octanol–water partition coefficient (Wildman–Crippen LogP) is 2.21. The van der Waals surface area contributed by atoms with Gasteiger partial charge >= 0.3 is 0 Å². The van der Waals surface area contributed by atoms with E-state index in [1.165, 1.54) is 0 Å². The lowest BCUT2D eigenvalue weighted by atomic mass is 10.2. The molecule has 3 nitrogen and oxygen atoms in total. The van der Waals surface area contributed by atoms with Gasteiger partial charge in [-0.3, -0.25) is 4.99 Å². The zero-order valence-corrected chi connectivity index (χ0v) is 9.86. The molecule has 0 spiro atoms. The monoisotopic (exact) mass is 218 g/mol. The van der Waals surface area contributed by atoms with Gasteiger partial charge in [-0.25, -0.2) is 0 Å². The van der Waals surface area contributed by atoms with Crippen LogP contribution in [0, 0.1) is 0 Å². The van der Waals surface area contributed by atoms with Gasteiger partial charge in [0.2, 0.25) is 0 Å². The summed E-state index contributed by atoms with van der Waals surface area (Å²) in [5.41, 5.74) is 1.07. The van der Waals surface area contributed by atoms with E-state index in [0.717, 1.165) is 36.7 Å². The van der Waals surface area contributed by atoms with Gasteiger partial charge in [0.15, 0.2) is 0 Å². The maximum atomic E-state index is 5.89. The van der Waals surface area contributed by atoms with Crippen LogP contribution in [0.15, 0.2) is 29.3 Å². The molecule has 86 valence electrons. The van der Waals surface area contributed by atoms with E-state index in [0.29, 0.717) is 0 Å². The molecule has 1 heterocycles. The first kappa shape index (κ1) is 11.0. The second kappa shape index (κ2) is 5.01. The normalized spacial score (nSPS) is 16.5. The van der Waals surface area contributed by atoms with Crippen LogP contribution in [0.5, 0.6) is 5.75 Å². The highest BCUT2D eigenvalue weighted by Crippen LogP contribution is 2.21. The summed E-state index contributed by atoms with van der Waals surface area (Å²) < 4.78 is 5.89. The Labute approximate surface area is 96.5 Å². The Morgan fingerprint density at radius 2 is 2.25 bits per heavy atom. The Morgan fingerprint density at radius 3 is 2.94 bits per heavy atom. The Balaban J connectivity index is 2.23. The van der Waals surface area contributed by atoms with E-state index < -0.39 is 0 Å². The van der Waals surface area contributed by atoms with Gasteiger partial charge in [-0.1, -0.05) is 19.1 Å². The molecule has 1 aliphatic heterocycles. The maximum Gasteiger partial charge on any atom is 0.132 e. The number of nitrogens with one attached hydrogen (secondary N) is 1. The Hall–Kier alpha value is -1.51. The summed E-state index contributed by atoms with van der Waals surface area (Å²) in [6.45, 7) is 5.99. The first-order valence-electron chi connectivity index (χ1n) is 5.85. The summed E-state index contributed by atoms with van der Waals surface area (Å²) in [4.78, 5) is 4.43. The van der Waals surface area contributed by atoms with Crippen molar-refractivity contribution in [2.24, 2.45) is 4.99 Å². The lowest BCUT2D eigenvalue weighted by Crippen LogP contribution is -2.21. The second-order valence-electron chi connectivity index (χ2n) is 3.99. The van der Waals surface area contributed by atoms with Crippen LogP contribution < -0.4 is 10.1 Å². The summed E-state index contributed by atoms with van der Waals surface area (Å²) in [6.07, 6.45) is 1.25. The van der Waals surface area contributed by atoms with Crippen molar-refractivity contribution in [2.75, 3.05) is 13.1 Å². The number of benzene rings is 1. The molecule has 0 aliphatic carbocycles. The van der Waals surface area contributed by atoms with Crippen molar-refractivity contribution in [3.63, 3.8) is 0 Å². The number of rotatable bonds is 4. The number of aliphatic imine (C=N–C) groups is 1. The van der Waals surface area contributed by atoms with Crippen molar-refractivity contribution in [3.05, 3.63) is 29.8 Å². The highest BCUT2D eigenvalue weighted by molar-refractivity contribution is 6.02. The molecule has 0 aromatic heterocycles. The van der Waals surface area contributed by atoms with E-state index in [1.807, 2.05) is 18.2 Å². The molecule has 16 heavy (non-hydrogen) atoms. The topological polar surface area (TPSA) is 33.6 Å². The van der Waals surface area contributed by atoms with E-state index in [1.54, 1.807) is 0 Å². The molecule has 0 amide bonds. The summed E-state index contributed by atoms with van der Waals surface area (Å²) in [5, 5.41) is 3.27. The second-order valence-corrected chi connectivity index (χ2v) is 3.99.